The molecule has 6 atom stereocenters. The maximum absolute atomic E-state index is 14.2. The van der Waals surface area contributed by atoms with E-state index in [-0.39, 0.29) is 53.4 Å². The number of alkyl carbamates (subject to hydrolysis) is 1. The van der Waals surface area contributed by atoms with E-state index in [9.17, 15) is 37.5 Å². The second-order valence-electron chi connectivity index (χ2n) is 15.7. The second-order valence-corrected chi connectivity index (χ2v) is 18.2. The largest absolute Gasteiger partial charge is 0.495 e. The number of unbranched alkanes of at least 4 members (excludes halogenated alkanes) is 3. The topological polar surface area (TPSA) is 208 Å². The van der Waals surface area contributed by atoms with Gasteiger partial charge in [0.25, 0.3) is 11.8 Å². The maximum atomic E-state index is 14.2. The number of aliphatic hydroxyl groups is 1. The van der Waals surface area contributed by atoms with Crippen molar-refractivity contribution in [2.24, 2.45) is 0 Å². The number of hydrogen-bond acceptors (Lipinski definition) is 13. The highest BCUT2D eigenvalue weighted by molar-refractivity contribution is 7.89. The Morgan fingerprint density at radius 1 is 1.10 bits per heavy atom. The number of ether oxygens (including phenoxy) is 5. The number of benzene rings is 1. The first-order valence-corrected chi connectivity index (χ1v) is 21.6. The minimum Gasteiger partial charge on any atom is -0.495 e. The van der Waals surface area contributed by atoms with Gasteiger partial charge in [0, 0.05) is 46.3 Å². The SMILES string of the molecule is COc1cc2cc(c1Cl)N(C)C(=O)C[C@H](OC(=O)[C@H](C)N(C)S(=O)(=O)CCCCCCN1C(=O)C=CC1=O)C(C)(C)O[C@H](C)[C@@H]1C[C@@](O)(NC(=O)O1)[C@H](OC)/C=C/C=C/2C. The molecule has 0 aromatic heterocycles. The molecule has 3 aliphatic rings. The number of sulfonamides is 1. The molecule has 17 nitrogen and oxygen atoms in total. The summed E-state index contributed by atoms with van der Waals surface area (Å²) < 4.78 is 56.8. The third-order valence-electron chi connectivity index (χ3n) is 11.0. The zero-order valence-electron chi connectivity index (χ0n) is 35.6. The van der Waals surface area contributed by atoms with E-state index in [0.29, 0.717) is 30.4 Å². The number of amides is 4. The molecule has 1 fully saturated rings. The summed E-state index contributed by atoms with van der Waals surface area (Å²) in [4.78, 5) is 66.9. The number of hydrogen-bond donors (Lipinski definition) is 2. The molecule has 3 aliphatic heterocycles. The lowest BCUT2D eigenvalue weighted by Gasteiger charge is -2.44. The maximum Gasteiger partial charge on any atom is 0.409 e. The van der Waals surface area contributed by atoms with Gasteiger partial charge >= 0.3 is 12.1 Å². The Kier molecular flexibility index (Phi) is 16.1. The lowest BCUT2D eigenvalue weighted by molar-refractivity contribution is -0.203. The van der Waals surface area contributed by atoms with Crippen molar-refractivity contribution in [3.63, 3.8) is 0 Å². The Hall–Kier alpha value is -4.33. The van der Waals surface area contributed by atoms with Crippen LogP contribution in [-0.2, 0) is 48.1 Å². The minimum atomic E-state index is -3.97. The van der Waals surface area contributed by atoms with E-state index >= 15 is 0 Å². The molecule has 60 heavy (non-hydrogen) atoms. The summed E-state index contributed by atoms with van der Waals surface area (Å²) in [5.74, 6) is -2.25. The Labute approximate surface area is 356 Å². The molecule has 1 aromatic carbocycles. The van der Waals surface area contributed by atoms with Crippen molar-refractivity contribution in [2.45, 2.75) is 115 Å². The van der Waals surface area contributed by atoms with E-state index in [2.05, 4.69) is 5.32 Å². The van der Waals surface area contributed by atoms with Gasteiger partial charge in [-0.1, -0.05) is 42.7 Å². The first-order valence-electron chi connectivity index (χ1n) is 19.7. The standard InChI is InChI=1S/C41H57ClN4O13S/c1-25-15-14-16-32(56-9)41(52)24-31(57-39(51)43-41)27(3)59-40(4,5)33(23-36(49)44(6)29-21-28(25)22-30(55-8)37(29)42)58-38(50)26(2)45(7)60(53,54)20-13-11-10-12-19-46-34(47)17-18-35(46)48/h14-18,21-22,26-27,31-33,52H,10-13,19-20,23-24H2,1-9H3,(H,43,51)/b16-14+,25-15+/t26-,27+,31-,32+,33-,41-/m0/s1. The first-order chi connectivity index (χ1) is 28.0. The molecule has 0 spiro atoms. The molecule has 4 bridgehead atoms. The number of nitrogens with zero attached hydrogens (tertiary/aromatic N) is 3. The highest BCUT2D eigenvalue weighted by Crippen LogP contribution is 2.39. The van der Waals surface area contributed by atoms with Crippen molar-refractivity contribution in [3.8, 4) is 5.75 Å². The molecule has 0 saturated carbocycles. The minimum absolute atomic E-state index is 0.143. The normalized spacial score (nSPS) is 27.0. The number of carbonyl (C=O) groups is 5. The number of likely N-dealkylation sites (N-methyl/N-ethyl adjacent to an activating group) is 1. The van der Waals surface area contributed by atoms with Gasteiger partial charge in [-0.3, -0.25) is 29.4 Å². The van der Waals surface area contributed by atoms with Gasteiger partial charge in [0.15, 0.2) is 5.72 Å². The summed E-state index contributed by atoms with van der Waals surface area (Å²) in [7, 11) is 1.61. The number of carbonyl (C=O) groups excluding carboxylic acids is 5. The van der Waals surface area contributed by atoms with E-state index in [4.69, 9.17) is 35.3 Å². The van der Waals surface area contributed by atoms with Gasteiger partial charge in [-0.25, -0.2) is 13.2 Å². The van der Waals surface area contributed by atoms with Gasteiger partial charge in [-0.05, 0) is 70.7 Å². The number of fused-ring (bicyclic) bond motifs is 4. The van der Waals surface area contributed by atoms with Crippen LogP contribution in [-0.4, -0.2) is 135 Å². The second kappa shape index (κ2) is 20.0. The monoisotopic (exact) mass is 880 g/mol. The van der Waals surface area contributed by atoms with Crippen LogP contribution >= 0.6 is 11.6 Å². The average Bonchev–Trinajstić information content (AvgIpc) is 3.50. The average molecular weight is 881 g/mol. The van der Waals surface area contributed by atoms with Crippen molar-refractivity contribution < 1.29 is 61.2 Å². The van der Waals surface area contributed by atoms with Gasteiger partial charge < -0.3 is 33.7 Å². The Bertz CT molecular complexity index is 1990. The molecule has 1 saturated heterocycles. The Morgan fingerprint density at radius 2 is 1.75 bits per heavy atom. The number of rotatable bonds is 13. The molecular formula is C41H57ClN4O13S. The van der Waals surface area contributed by atoms with E-state index in [1.165, 1.54) is 52.3 Å². The Balaban J connectivity index is 1.60. The van der Waals surface area contributed by atoms with E-state index in [0.717, 1.165) is 9.21 Å². The van der Waals surface area contributed by atoms with Crippen LogP contribution in [0.2, 0.25) is 5.02 Å². The van der Waals surface area contributed by atoms with Crippen LogP contribution in [0.3, 0.4) is 0 Å². The van der Waals surface area contributed by atoms with E-state index in [1.807, 2.05) is 6.92 Å². The molecule has 0 radical (unpaired) electrons. The zero-order valence-corrected chi connectivity index (χ0v) is 37.1. The van der Waals surface area contributed by atoms with Gasteiger partial charge in [0.1, 0.15) is 40.7 Å². The van der Waals surface area contributed by atoms with Crippen LogP contribution in [0.5, 0.6) is 5.75 Å². The summed E-state index contributed by atoms with van der Waals surface area (Å²) in [6.07, 6.45) is 3.32. The number of imide groups is 1. The van der Waals surface area contributed by atoms with E-state index in [1.54, 1.807) is 51.1 Å². The molecule has 4 amide bonds. The van der Waals surface area contributed by atoms with Crippen molar-refractivity contribution >= 4 is 62.7 Å². The van der Waals surface area contributed by atoms with Crippen molar-refractivity contribution in [1.82, 2.24) is 14.5 Å². The predicted octanol–water partition coefficient (Wildman–Crippen LogP) is 4.11. The number of halogens is 1. The summed E-state index contributed by atoms with van der Waals surface area (Å²) >= 11 is 6.75. The fourth-order valence-corrected chi connectivity index (χ4v) is 8.78. The van der Waals surface area contributed by atoms with Crippen LogP contribution in [0, 0.1) is 0 Å². The molecule has 3 heterocycles. The number of nitrogens with one attached hydrogen (secondary N) is 1. The molecule has 19 heteroatoms. The van der Waals surface area contributed by atoms with Crippen LogP contribution < -0.4 is 15.0 Å². The zero-order chi connectivity index (χ0) is 44.7. The van der Waals surface area contributed by atoms with Crippen molar-refractivity contribution in [1.29, 1.82) is 0 Å². The molecular weight excluding hydrogens is 824 g/mol. The third kappa shape index (κ3) is 11.5. The number of esters is 1. The highest BCUT2D eigenvalue weighted by Gasteiger charge is 2.49. The predicted molar refractivity (Wildman–Crippen MR) is 222 cm³/mol. The summed E-state index contributed by atoms with van der Waals surface area (Å²) in [6, 6.07) is 2.06. The lowest BCUT2D eigenvalue weighted by atomic mass is 9.93. The molecule has 2 N–H and O–H groups in total. The summed E-state index contributed by atoms with van der Waals surface area (Å²) in [6.45, 7) is 8.17. The molecule has 4 rings (SSSR count). The molecule has 332 valence electrons. The van der Waals surface area contributed by atoms with Gasteiger partial charge in [-0.15, -0.1) is 0 Å². The van der Waals surface area contributed by atoms with Gasteiger partial charge in [-0.2, -0.15) is 4.31 Å². The van der Waals surface area contributed by atoms with Gasteiger partial charge in [0.2, 0.25) is 15.9 Å². The molecule has 0 unspecified atom stereocenters. The number of allylic oxidation sites excluding steroid dienone is 3. The lowest BCUT2D eigenvalue weighted by Crippen LogP contribution is -2.64. The quantitative estimate of drug-likeness (QED) is 0.163. The molecule has 1 aromatic rings. The fraction of sp³-hybridized carbons (Fsp3) is 0.585. The van der Waals surface area contributed by atoms with Gasteiger partial charge in [0.05, 0.1) is 31.1 Å². The summed E-state index contributed by atoms with van der Waals surface area (Å²) in [5, 5.41) is 14.3. The van der Waals surface area contributed by atoms with Crippen LogP contribution in [0.4, 0.5) is 10.5 Å². The number of anilines is 1. The van der Waals surface area contributed by atoms with Crippen molar-refractivity contribution in [2.75, 3.05) is 45.5 Å². The Morgan fingerprint density at radius 3 is 2.38 bits per heavy atom. The number of methoxy groups -OCH3 is 2. The van der Waals surface area contributed by atoms with Crippen LogP contribution in [0.15, 0.2) is 42.5 Å². The van der Waals surface area contributed by atoms with Crippen molar-refractivity contribution in [3.05, 3.63) is 53.1 Å². The first kappa shape index (κ1) is 48.3. The molecule has 0 aliphatic carbocycles. The summed E-state index contributed by atoms with van der Waals surface area (Å²) in [5.41, 5.74) is -1.79. The fourth-order valence-electron chi connectivity index (χ4n) is 7.05. The third-order valence-corrected chi connectivity index (χ3v) is 13.4. The van der Waals surface area contributed by atoms with E-state index < -0.39 is 76.2 Å². The highest BCUT2D eigenvalue weighted by atomic mass is 35.5. The van der Waals surface area contributed by atoms with Crippen LogP contribution in [0.25, 0.3) is 5.57 Å². The van der Waals surface area contributed by atoms with Crippen LogP contribution in [0.1, 0.15) is 78.7 Å². The smallest absolute Gasteiger partial charge is 0.409 e.